The summed E-state index contributed by atoms with van der Waals surface area (Å²) in [5, 5.41) is 5.97. The van der Waals surface area contributed by atoms with Crippen molar-refractivity contribution in [3.63, 3.8) is 0 Å². The van der Waals surface area contributed by atoms with Gasteiger partial charge in [0.05, 0.1) is 17.7 Å². The Morgan fingerprint density at radius 1 is 1.03 bits per heavy atom. The van der Waals surface area contributed by atoms with Gasteiger partial charge in [-0.15, -0.1) is 0 Å². The highest BCUT2D eigenvalue weighted by atomic mass is 35.5. The van der Waals surface area contributed by atoms with E-state index in [1.807, 2.05) is 0 Å². The van der Waals surface area contributed by atoms with E-state index in [4.69, 9.17) is 16.3 Å². The molecule has 0 unspecified atom stereocenters. The monoisotopic (exact) mass is 479 g/mol. The first-order valence-corrected chi connectivity index (χ1v) is 12.1. The van der Waals surface area contributed by atoms with Crippen LogP contribution in [0, 0.1) is 0 Å². The molecule has 0 radical (unpaired) electrons. The number of halogens is 1. The number of sulfonamides is 1. The maximum absolute atomic E-state index is 12.8. The molecule has 2 amide bonds. The fourth-order valence-electron chi connectivity index (χ4n) is 3.63. The first-order valence-electron chi connectivity index (χ1n) is 10.3. The average molecular weight is 480 g/mol. The second-order valence-electron chi connectivity index (χ2n) is 7.53. The Labute approximate surface area is 192 Å². The van der Waals surface area contributed by atoms with Crippen LogP contribution in [0.4, 0.5) is 5.69 Å². The van der Waals surface area contributed by atoms with Gasteiger partial charge in [0.25, 0.3) is 11.8 Å². The van der Waals surface area contributed by atoms with Crippen LogP contribution in [0.2, 0.25) is 5.02 Å². The van der Waals surface area contributed by atoms with Crippen LogP contribution in [0.25, 0.3) is 0 Å². The largest absolute Gasteiger partial charge is 0.495 e. The van der Waals surface area contributed by atoms with Gasteiger partial charge in [0.2, 0.25) is 10.0 Å². The van der Waals surface area contributed by atoms with E-state index in [2.05, 4.69) is 15.4 Å². The Morgan fingerprint density at radius 2 is 1.75 bits per heavy atom. The zero-order chi connectivity index (χ0) is 23.3. The molecule has 1 aliphatic carbocycles. The fraction of sp³-hybridized carbons (Fsp3) is 0.364. The summed E-state index contributed by atoms with van der Waals surface area (Å²) in [5.41, 5.74) is 0.744. The van der Waals surface area contributed by atoms with E-state index in [1.54, 1.807) is 6.07 Å². The van der Waals surface area contributed by atoms with Crippen molar-refractivity contribution in [2.75, 3.05) is 19.5 Å². The lowest BCUT2D eigenvalue weighted by Crippen LogP contribution is -2.36. The highest BCUT2D eigenvalue weighted by Crippen LogP contribution is 2.26. The summed E-state index contributed by atoms with van der Waals surface area (Å²) in [6, 6.07) is 8.83. The number of amides is 2. The van der Waals surface area contributed by atoms with Crippen molar-refractivity contribution in [1.29, 1.82) is 0 Å². The molecule has 172 valence electrons. The Balaban J connectivity index is 1.80. The van der Waals surface area contributed by atoms with Gasteiger partial charge in [0.1, 0.15) is 10.6 Å². The minimum atomic E-state index is -3.83. The van der Waals surface area contributed by atoms with E-state index in [-0.39, 0.29) is 38.7 Å². The van der Waals surface area contributed by atoms with Gasteiger partial charge in [-0.25, -0.2) is 13.1 Å². The molecule has 0 bridgehead atoms. The van der Waals surface area contributed by atoms with Crippen molar-refractivity contribution in [3.8, 4) is 5.75 Å². The molecule has 3 rings (SSSR count). The van der Waals surface area contributed by atoms with E-state index in [0.717, 1.165) is 25.7 Å². The molecule has 0 atom stereocenters. The zero-order valence-corrected chi connectivity index (χ0v) is 19.5. The van der Waals surface area contributed by atoms with Gasteiger partial charge in [0, 0.05) is 17.3 Å². The van der Waals surface area contributed by atoms with Gasteiger partial charge < -0.3 is 15.4 Å². The summed E-state index contributed by atoms with van der Waals surface area (Å²) in [6.45, 7) is 0. The van der Waals surface area contributed by atoms with E-state index >= 15 is 0 Å². The molecule has 0 spiro atoms. The van der Waals surface area contributed by atoms with Crippen molar-refractivity contribution in [2.24, 2.45) is 0 Å². The maximum atomic E-state index is 12.8. The van der Waals surface area contributed by atoms with Crippen molar-refractivity contribution >= 4 is 39.1 Å². The maximum Gasteiger partial charge on any atom is 0.255 e. The van der Waals surface area contributed by atoms with Crippen LogP contribution in [-0.4, -0.2) is 40.4 Å². The quantitative estimate of drug-likeness (QED) is 0.561. The van der Waals surface area contributed by atoms with E-state index in [9.17, 15) is 18.0 Å². The Hall–Kier alpha value is -2.62. The topological polar surface area (TPSA) is 114 Å². The van der Waals surface area contributed by atoms with Crippen LogP contribution in [0.3, 0.4) is 0 Å². The molecule has 0 aliphatic heterocycles. The molecular weight excluding hydrogens is 454 g/mol. The van der Waals surface area contributed by atoms with Crippen LogP contribution in [-0.2, 0) is 10.0 Å². The van der Waals surface area contributed by atoms with Crippen molar-refractivity contribution < 1.29 is 22.7 Å². The van der Waals surface area contributed by atoms with Gasteiger partial charge in [-0.2, -0.15) is 0 Å². The zero-order valence-electron chi connectivity index (χ0n) is 17.9. The molecule has 0 aromatic heterocycles. The summed E-state index contributed by atoms with van der Waals surface area (Å²) in [5.74, 6) is -0.713. The van der Waals surface area contributed by atoms with Crippen molar-refractivity contribution in [2.45, 2.75) is 43.0 Å². The third kappa shape index (κ3) is 5.59. The Morgan fingerprint density at radius 3 is 2.41 bits per heavy atom. The van der Waals surface area contributed by atoms with Crippen LogP contribution in [0.5, 0.6) is 5.75 Å². The Bertz CT molecular complexity index is 1110. The van der Waals surface area contributed by atoms with Crippen LogP contribution >= 0.6 is 11.6 Å². The van der Waals surface area contributed by atoms with Crippen LogP contribution < -0.4 is 20.1 Å². The predicted octanol–water partition coefficient (Wildman–Crippen LogP) is 3.57. The molecule has 2 aromatic carbocycles. The summed E-state index contributed by atoms with van der Waals surface area (Å²) >= 11 is 6.22. The van der Waals surface area contributed by atoms with Crippen LogP contribution in [0.15, 0.2) is 41.3 Å². The minimum Gasteiger partial charge on any atom is -0.495 e. The average Bonchev–Trinajstić information content (AvgIpc) is 2.80. The molecule has 3 N–H and O–H groups in total. The smallest absolute Gasteiger partial charge is 0.255 e. The number of nitrogens with one attached hydrogen (secondary N) is 3. The highest BCUT2D eigenvalue weighted by Gasteiger charge is 2.21. The molecule has 0 heterocycles. The number of ether oxygens (including phenoxy) is 1. The molecule has 8 nitrogen and oxygen atoms in total. The number of anilines is 1. The number of hydrogen-bond acceptors (Lipinski definition) is 5. The lowest BCUT2D eigenvalue weighted by molar-refractivity contribution is 0.0926. The molecule has 1 saturated carbocycles. The van der Waals surface area contributed by atoms with Gasteiger partial charge in [-0.05, 0) is 56.3 Å². The number of methoxy groups -OCH3 is 1. The lowest BCUT2D eigenvalue weighted by Gasteiger charge is -2.23. The Kier molecular flexibility index (Phi) is 7.76. The molecule has 2 aromatic rings. The highest BCUT2D eigenvalue weighted by molar-refractivity contribution is 7.89. The van der Waals surface area contributed by atoms with Gasteiger partial charge in [-0.3, -0.25) is 9.59 Å². The standard InChI is InChI=1S/C22H26ClN3O5S/c1-24-32(29,30)20-12-14(8-11-19(20)31-2)21(27)26-16-9-10-18(23)17(13-16)22(28)25-15-6-4-3-5-7-15/h8-13,15,24H,3-7H2,1-2H3,(H,25,28)(H,26,27). The number of rotatable bonds is 7. The second-order valence-corrected chi connectivity index (χ2v) is 9.79. The molecule has 0 saturated heterocycles. The molecule has 1 fully saturated rings. The fourth-order valence-corrected chi connectivity index (χ4v) is 4.75. The van der Waals surface area contributed by atoms with Crippen LogP contribution in [0.1, 0.15) is 52.8 Å². The number of carbonyl (C=O) groups excluding carboxylic acids is 2. The third-order valence-electron chi connectivity index (χ3n) is 5.39. The predicted molar refractivity (Wildman–Crippen MR) is 123 cm³/mol. The summed E-state index contributed by atoms with van der Waals surface area (Å²) in [7, 11) is -1.22. The van der Waals surface area contributed by atoms with E-state index in [1.165, 1.54) is 50.9 Å². The number of carbonyl (C=O) groups is 2. The molecular formula is C22H26ClN3O5S. The SMILES string of the molecule is CNS(=O)(=O)c1cc(C(=O)Nc2ccc(Cl)c(C(=O)NC3CCCCC3)c2)ccc1OC. The molecule has 32 heavy (non-hydrogen) atoms. The van der Waals surface area contributed by atoms with Gasteiger partial charge in [0.15, 0.2) is 0 Å². The first kappa shape index (κ1) is 24.0. The normalized spacial score (nSPS) is 14.6. The summed E-state index contributed by atoms with van der Waals surface area (Å²) < 4.78 is 31.8. The minimum absolute atomic E-state index is 0.114. The van der Waals surface area contributed by atoms with Crippen molar-refractivity contribution in [3.05, 3.63) is 52.5 Å². The van der Waals surface area contributed by atoms with E-state index in [0.29, 0.717) is 5.69 Å². The number of benzene rings is 2. The molecule has 1 aliphatic rings. The summed E-state index contributed by atoms with van der Waals surface area (Å²) in [6.07, 6.45) is 5.23. The molecule has 10 heteroatoms. The summed E-state index contributed by atoms with van der Waals surface area (Å²) in [4.78, 5) is 25.3. The van der Waals surface area contributed by atoms with Gasteiger partial charge in [-0.1, -0.05) is 30.9 Å². The second kappa shape index (κ2) is 10.3. The van der Waals surface area contributed by atoms with Crippen molar-refractivity contribution in [1.82, 2.24) is 10.0 Å². The third-order valence-corrected chi connectivity index (χ3v) is 7.16. The number of hydrogen-bond donors (Lipinski definition) is 3. The van der Waals surface area contributed by atoms with Gasteiger partial charge >= 0.3 is 0 Å². The van der Waals surface area contributed by atoms with E-state index < -0.39 is 15.9 Å². The first-order chi connectivity index (χ1) is 15.2. The lowest BCUT2D eigenvalue weighted by atomic mass is 9.95.